The summed E-state index contributed by atoms with van der Waals surface area (Å²) in [6.07, 6.45) is 1.20. The number of rotatable bonds is 7. The molecule has 1 aliphatic heterocycles. The van der Waals surface area contributed by atoms with Crippen LogP contribution in [-0.2, 0) is 4.79 Å². The third-order valence-corrected chi connectivity index (χ3v) is 3.95. The van der Waals surface area contributed by atoms with Gasteiger partial charge < -0.3 is 16.0 Å². The third-order valence-electron chi connectivity index (χ3n) is 3.95. The van der Waals surface area contributed by atoms with Crippen LogP contribution in [-0.4, -0.2) is 59.4 Å². The van der Waals surface area contributed by atoms with Gasteiger partial charge in [0.2, 0.25) is 0 Å². The topological polar surface area (TPSA) is 91.0 Å². The number of nitrogens with zero attached hydrogens (tertiary/aromatic N) is 3. The number of imide groups is 1. The van der Waals surface area contributed by atoms with Crippen molar-refractivity contribution in [3.05, 3.63) is 0 Å². The first-order chi connectivity index (χ1) is 9.89. The van der Waals surface area contributed by atoms with Crippen LogP contribution in [0.1, 0.15) is 40.5 Å². The maximum Gasteiger partial charge on any atom is 0.325 e. The fourth-order valence-corrected chi connectivity index (χ4v) is 2.26. The summed E-state index contributed by atoms with van der Waals surface area (Å²) in [5.41, 5.74) is 5.11. The average molecular weight is 425 g/mol. The highest BCUT2D eigenvalue weighted by Crippen LogP contribution is 2.20. The van der Waals surface area contributed by atoms with E-state index in [9.17, 15) is 9.59 Å². The van der Waals surface area contributed by atoms with Gasteiger partial charge >= 0.3 is 6.03 Å². The molecular weight excluding hydrogens is 397 g/mol. The molecule has 128 valence electrons. The largest absolute Gasteiger partial charge is 0.370 e. The van der Waals surface area contributed by atoms with Crippen LogP contribution < -0.4 is 11.1 Å². The highest BCUT2D eigenvalue weighted by atomic mass is 127. The molecular formula is C14H28IN5O2. The Kier molecular flexibility index (Phi) is 8.72. The lowest BCUT2D eigenvalue weighted by Gasteiger charge is -2.20. The molecule has 1 rings (SSSR count). The minimum atomic E-state index is -0.763. The van der Waals surface area contributed by atoms with Crippen LogP contribution in [0.15, 0.2) is 4.99 Å². The first kappa shape index (κ1) is 20.9. The molecule has 7 nitrogen and oxygen atoms in total. The van der Waals surface area contributed by atoms with Gasteiger partial charge in [0.25, 0.3) is 5.91 Å². The van der Waals surface area contributed by atoms with Gasteiger partial charge in [-0.2, -0.15) is 0 Å². The van der Waals surface area contributed by atoms with Crippen LogP contribution in [0, 0.1) is 0 Å². The summed E-state index contributed by atoms with van der Waals surface area (Å²) in [4.78, 5) is 31.5. The number of urea groups is 1. The van der Waals surface area contributed by atoms with Crippen molar-refractivity contribution in [2.45, 2.75) is 46.1 Å². The Balaban J connectivity index is 0.00000441. The van der Waals surface area contributed by atoms with E-state index >= 15 is 0 Å². The number of hydrogen-bond acceptors (Lipinski definition) is 3. The molecule has 1 saturated heterocycles. The molecule has 1 fully saturated rings. The van der Waals surface area contributed by atoms with Gasteiger partial charge in [0, 0.05) is 26.2 Å². The maximum absolute atomic E-state index is 12.2. The van der Waals surface area contributed by atoms with Crippen molar-refractivity contribution < 1.29 is 9.59 Å². The average Bonchev–Trinajstić information content (AvgIpc) is 2.68. The van der Waals surface area contributed by atoms with Crippen LogP contribution >= 0.6 is 24.0 Å². The molecule has 3 amide bonds. The van der Waals surface area contributed by atoms with Gasteiger partial charge in [-0.25, -0.2) is 4.79 Å². The quantitative estimate of drug-likeness (QED) is 0.212. The fourth-order valence-electron chi connectivity index (χ4n) is 2.26. The highest BCUT2D eigenvalue weighted by molar-refractivity contribution is 14.0. The molecule has 0 aromatic rings. The second-order valence-corrected chi connectivity index (χ2v) is 5.34. The summed E-state index contributed by atoms with van der Waals surface area (Å²) in [7, 11) is 0. The maximum atomic E-state index is 12.2. The van der Waals surface area contributed by atoms with E-state index in [1.54, 1.807) is 6.92 Å². The molecule has 22 heavy (non-hydrogen) atoms. The summed E-state index contributed by atoms with van der Waals surface area (Å²) >= 11 is 0. The summed E-state index contributed by atoms with van der Waals surface area (Å²) in [5.74, 6) is 0.353. The molecule has 0 spiro atoms. The third kappa shape index (κ3) is 4.72. The van der Waals surface area contributed by atoms with Gasteiger partial charge in [0.1, 0.15) is 5.54 Å². The minimum Gasteiger partial charge on any atom is -0.370 e. The van der Waals surface area contributed by atoms with Gasteiger partial charge in [-0.3, -0.25) is 14.7 Å². The van der Waals surface area contributed by atoms with Gasteiger partial charge in [0.15, 0.2) is 5.96 Å². The molecule has 0 radical (unpaired) electrons. The number of amides is 3. The molecule has 0 aromatic heterocycles. The van der Waals surface area contributed by atoms with Gasteiger partial charge in [0.05, 0.1) is 0 Å². The van der Waals surface area contributed by atoms with Crippen molar-refractivity contribution in [2.75, 3.05) is 26.2 Å². The van der Waals surface area contributed by atoms with Crippen molar-refractivity contribution in [2.24, 2.45) is 10.7 Å². The predicted molar refractivity (Wildman–Crippen MR) is 98.4 cm³/mol. The lowest BCUT2D eigenvalue weighted by Crippen LogP contribution is -2.43. The monoisotopic (exact) mass is 425 g/mol. The Morgan fingerprint density at radius 2 is 1.91 bits per heavy atom. The second kappa shape index (κ2) is 9.16. The van der Waals surface area contributed by atoms with E-state index in [1.165, 1.54) is 4.90 Å². The lowest BCUT2D eigenvalue weighted by atomic mass is 9.99. The molecule has 1 aliphatic rings. The minimum absolute atomic E-state index is 0. The summed E-state index contributed by atoms with van der Waals surface area (Å²) < 4.78 is 0. The smallest absolute Gasteiger partial charge is 0.325 e. The van der Waals surface area contributed by atoms with Crippen molar-refractivity contribution in [3.8, 4) is 0 Å². The lowest BCUT2D eigenvalue weighted by molar-refractivity contribution is -0.130. The number of nitrogens with one attached hydrogen (secondary N) is 1. The van der Waals surface area contributed by atoms with Crippen LogP contribution in [0.3, 0.4) is 0 Å². The predicted octanol–water partition coefficient (Wildman–Crippen LogP) is 1.37. The van der Waals surface area contributed by atoms with E-state index in [0.29, 0.717) is 31.9 Å². The molecule has 3 N–H and O–H groups in total. The number of nitrogens with two attached hydrogens (primary N) is 1. The first-order valence-corrected chi connectivity index (χ1v) is 7.58. The molecule has 0 aromatic carbocycles. The van der Waals surface area contributed by atoms with Crippen LogP contribution in [0.4, 0.5) is 4.79 Å². The van der Waals surface area contributed by atoms with Gasteiger partial charge in [-0.15, -0.1) is 24.0 Å². The van der Waals surface area contributed by atoms with Crippen molar-refractivity contribution in [1.82, 2.24) is 15.1 Å². The SMILES string of the molecule is CCN(CC)C(N)=NCCCN1C(=O)NC(C)(CC)C1=O.I. The number of carbonyl (C=O) groups is 2. The molecule has 8 heteroatoms. The molecule has 0 aliphatic carbocycles. The second-order valence-electron chi connectivity index (χ2n) is 5.34. The van der Waals surface area contributed by atoms with E-state index in [1.807, 2.05) is 25.7 Å². The number of hydrogen-bond donors (Lipinski definition) is 2. The van der Waals surface area contributed by atoms with E-state index < -0.39 is 5.54 Å². The van der Waals surface area contributed by atoms with Crippen LogP contribution in [0.5, 0.6) is 0 Å². The number of halogens is 1. The van der Waals surface area contributed by atoms with Gasteiger partial charge in [-0.05, 0) is 33.6 Å². The van der Waals surface area contributed by atoms with E-state index in [2.05, 4.69) is 10.3 Å². The van der Waals surface area contributed by atoms with E-state index in [0.717, 1.165) is 13.1 Å². The zero-order valence-electron chi connectivity index (χ0n) is 13.9. The molecule has 0 saturated carbocycles. The van der Waals surface area contributed by atoms with E-state index in [-0.39, 0.29) is 35.9 Å². The van der Waals surface area contributed by atoms with E-state index in [4.69, 9.17) is 5.73 Å². The standard InChI is InChI=1S/C14H27N5O2.HI/c1-5-14(4)11(20)19(13(21)17-14)10-8-9-16-12(15)18(6-2)7-3;/h5-10H2,1-4H3,(H2,15,16)(H,17,21);1H. The Morgan fingerprint density at radius 1 is 1.32 bits per heavy atom. The number of guanidine groups is 1. The summed E-state index contributed by atoms with van der Waals surface area (Å²) in [6, 6.07) is -0.315. The molecule has 0 bridgehead atoms. The molecule has 1 unspecified atom stereocenters. The van der Waals surface area contributed by atoms with Crippen molar-refractivity contribution >= 4 is 41.9 Å². The number of carbonyl (C=O) groups excluding carboxylic acids is 2. The van der Waals surface area contributed by atoms with Crippen molar-refractivity contribution in [1.29, 1.82) is 0 Å². The Hall–Kier alpha value is -1.06. The zero-order valence-corrected chi connectivity index (χ0v) is 16.2. The Labute approximate surface area is 149 Å². The molecule has 1 heterocycles. The first-order valence-electron chi connectivity index (χ1n) is 7.58. The number of aliphatic imine (C=N–C) groups is 1. The van der Waals surface area contributed by atoms with Gasteiger partial charge in [-0.1, -0.05) is 6.92 Å². The fraction of sp³-hybridized carbons (Fsp3) is 0.786. The normalized spacial score (nSPS) is 21.6. The Bertz CT molecular complexity index is 425. The Morgan fingerprint density at radius 3 is 2.36 bits per heavy atom. The van der Waals surface area contributed by atoms with Crippen LogP contribution in [0.2, 0.25) is 0 Å². The summed E-state index contributed by atoms with van der Waals surface area (Å²) in [6.45, 7) is 10.2. The van der Waals surface area contributed by atoms with Crippen molar-refractivity contribution in [3.63, 3.8) is 0 Å². The summed E-state index contributed by atoms with van der Waals surface area (Å²) in [5, 5.41) is 2.73. The molecule has 1 atom stereocenters. The zero-order chi connectivity index (χ0) is 16.0. The highest BCUT2D eigenvalue weighted by Gasteiger charge is 2.45. The van der Waals surface area contributed by atoms with Crippen LogP contribution in [0.25, 0.3) is 0 Å².